The molecule has 0 heterocycles. The number of hydrogen-bond acceptors (Lipinski definition) is 1. The molecule has 0 bridgehead atoms. The largest absolute Gasteiger partial charge is 0.348 e. The van der Waals surface area contributed by atoms with Crippen molar-refractivity contribution in [1.82, 2.24) is 5.32 Å². The minimum absolute atomic E-state index is 0.224. The molecule has 2 nitrogen and oxygen atoms in total. The van der Waals surface area contributed by atoms with Crippen molar-refractivity contribution in [1.29, 1.82) is 0 Å². The SMILES string of the molecule is O=C(NCc1ccc(F)cc1)c1cc(F)ccc1Br. The van der Waals surface area contributed by atoms with Crippen LogP contribution in [0.3, 0.4) is 0 Å². The highest BCUT2D eigenvalue weighted by Crippen LogP contribution is 2.17. The molecule has 0 unspecified atom stereocenters. The number of nitrogens with one attached hydrogen (secondary N) is 1. The van der Waals surface area contributed by atoms with Gasteiger partial charge in [-0.25, -0.2) is 8.78 Å². The van der Waals surface area contributed by atoms with Gasteiger partial charge in [-0.2, -0.15) is 0 Å². The van der Waals surface area contributed by atoms with E-state index >= 15 is 0 Å². The highest BCUT2D eigenvalue weighted by atomic mass is 79.9. The lowest BCUT2D eigenvalue weighted by Gasteiger charge is -2.07. The quantitative estimate of drug-likeness (QED) is 0.916. The second kappa shape index (κ2) is 5.93. The van der Waals surface area contributed by atoms with Crippen LogP contribution in [0.2, 0.25) is 0 Å². The maximum absolute atomic E-state index is 13.1. The average molecular weight is 326 g/mol. The summed E-state index contributed by atoms with van der Waals surface area (Å²) in [4.78, 5) is 11.9. The van der Waals surface area contributed by atoms with E-state index in [0.29, 0.717) is 4.47 Å². The van der Waals surface area contributed by atoms with Crippen molar-refractivity contribution in [3.63, 3.8) is 0 Å². The summed E-state index contributed by atoms with van der Waals surface area (Å²) in [5.41, 5.74) is 0.990. The van der Waals surface area contributed by atoms with Gasteiger partial charge >= 0.3 is 0 Å². The summed E-state index contributed by atoms with van der Waals surface area (Å²) in [5, 5.41) is 2.64. The van der Waals surface area contributed by atoms with Crippen LogP contribution in [0.4, 0.5) is 8.78 Å². The fraction of sp³-hybridized carbons (Fsp3) is 0.0714. The van der Waals surface area contributed by atoms with Crippen LogP contribution in [0.25, 0.3) is 0 Å². The van der Waals surface area contributed by atoms with E-state index in [-0.39, 0.29) is 17.9 Å². The van der Waals surface area contributed by atoms with Gasteiger partial charge in [0.1, 0.15) is 11.6 Å². The smallest absolute Gasteiger partial charge is 0.252 e. The third-order valence-electron chi connectivity index (χ3n) is 2.54. The first-order valence-corrected chi connectivity index (χ1v) is 6.33. The minimum atomic E-state index is -0.477. The van der Waals surface area contributed by atoms with Crippen molar-refractivity contribution in [2.45, 2.75) is 6.54 Å². The Kier molecular flexibility index (Phi) is 4.27. The summed E-state index contributed by atoms with van der Waals surface area (Å²) in [5.74, 6) is -1.20. The molecule has 2 aromatic rings. The zero-order chi connectivity index (χ0) is 13.8. The molecule has 2 rings (SSSR count). The van der Waals surface area contributed by atoms with E-state index in [1.54, 1.807) is 12.1 Å². The van der Waals surface area contributed by atoms with Crippen molar-refractivity contribution >= 4 is 21.8 Å². The first kappa shape index (κ1) is 13.7. The van der Waals surface area contributed by atoms with Crippen LogP contribution in [-0.2, 0) is 6.54 Å². The van der Waals surface area contributed by atoms with E-state index in [2.05, 4.69) is 21.2 Å². The van der Waals surface area contributed by atoms with Crippen molar-refractivity contribution in [3.8, 4) is 0 Å². The topological polar surface area (TPSA) is 29.1 Å². The zero-order valence-corrected chi connectivity index (χ0v) is 11.4. The molecule has 19 heavy (non-hydrogen) atoms. The van der Waals surface area contributed by atoms with Crippen LogP contribution in [0.1, 0.15) is 15.9 Å². The monoisotopic (exact) mass is 325 g/mol. The van der Waals surface area contributed by atoms with Gasteiger partial charge in [-0.05, 0) is 51.8 Å². The minimum Gasteiger partial charge on any atom is -0.348 e. The second-order valence-electron chi connectivity index (χ2n) is 3.93. The Bertz CT molecular complexity index is 599. The number of benzene rings is 2. The van der Waals surface area contributed by atoms with Gasteiger partial charge in [0.2, 0.25) is 0 Å². The number of rotatable bonds is 3. The molecule has 0 aliphatic carbocycles. The highest BCUT2D eigenvalue weighted by molar-refractivity contribution is 9.10. The van der Waals surface area contributed by atoms with Gasteiger partial charge in [0.15, 0.2) is 0 Å². The molecule has 2 aromatic carbocycles. The maximum atomic E-state index is 13.1. The maximum Gasteiger partial charge on any atom is 0.252 e. The third-order valence-corrected chi connectivity index (χ3v) is 3.23. The fourth-order valence-corrected chi connectivity index (χ4v) is 1.98. The lowest BCUT2D eigenvalue weighted by atomic mass is 10.2. The Hall–Kier alpha value is -1.75. The zero-order valence-electron chi connectivity index (χ0n) is 9.79. The molecule has 0 saturated carbocycles. The number of carbonyl (C=O) groups excluding carboxylic acids is 1. The van der Waals surface area contributed by atoms with Gasteiger partial charge in [-0.15, -0.1) is 0 Å². The van der Waals surface area contributed by atoms with Crippen molar-refractivity contribution in [2.24, 2.45) is 0 Å². The number of halogens is 3. The van der Waals surface area contributed by atoms with Gasteiger partial charge < -0.3 is 5.32 Å². The molecule has 0 saturated heterocycles. The number of carbonyl (C=O) groups is 1. The number of hydrogen-bond donors (Lipinski definition) is 1. The summed E-state index contributed by atoms with van der Waals surface area (Å²) in [7, 11) is 0. The molecule has 98 valence electrons. The predicted octanol–water partition coefficient (Wildman–Crippen LogP) is 3.66. The second-order valence-corrected chi connectivity index (χ2v) is 4.79. The van der Waals surface area contributed by atoms with Crippen LogP contribution < -0.4 is 5.32 Å². The summed E-state index contributed by atoms with van der Waals surface area (Å²) >= 11 is 3.19. The Morgan fingerprint density at radius 3 is 2.37 bits per heavy atom. The first-order chi connectivity index (χ1) is 9.06. The molecular formula is C14H10BrF2NO. The van der Waals surface area contributed by atoms with E-state index < -0.39 is 11.7 Å². The lowest BCUT2D eigenvalue weighted by Crippen LogP contribution is -2.23. The Morgan fingerprint density at radius 2 is 1.68 bits per heavy atom. The predicted molar refractivity (Wildman–Crippen MR) is 71.7 cm³/mol. The molecule has 0 atom stereocenters. The molecule has 1 N–H and O–H groups in total. The van der Waals surface area contributed by atoms with E-state index in [4.69, 9.17) is 0 Å². The van der Waals surface area contributed by atoms with Gasteiger partial charge in [-0.1, -0.05) is 12.1 Å². The average Bonchev–Trinajstić information content (AvgIpc) is 2.40. The molecule has 0 spiro atoms. The van der Waals surface area contributed by atoms with Crippen molar-refractivity contribution in [2.75, 3.05) is 0 Å². The Balaban J connectivity index is 2.05. The van der Waals surface area contributed by atoms with Crippen molar-refractivity contribution < 1.29 is 13.6 Å². The standard InChI is InChI=1S/C14H10BrF2NO/c15-13-6-5-11(17)7-12(13)14(19)18-8-9-1-3-10(16)4-2-9/h1-7H,8H2,(H,18,19). The molecule has 1 amide bonds. The fourth-order valence-electron chi connectivity index (χ4n) is 1.55. The molecule has 0 aromatic heterocycles. The van der Waals surface area contributed by atoms with E-state index in [0.717, 1.165) is 11.6 Å². The third kappa shape index (κ3) is 3.61. The molecule has 0 aliphatic rings. The highest BCUT2D eigenvalue weighted by Gasteiger charge is 2.10. The van der Waals surface area contributed by atoms with Gasteiger partial charge in [-0.3, -0.25) is 4.79 Å². The van der Waals surface area contributed by atoms with Gasteiger partial charge in [0.05, 0.1) is 5.56 Å². The van der Waals surface area contributed by atoms with Crippen LogP contribution >= 0.6 is 15.9 Å². The van der Waals surface area contributed by atoms with Crippen LogP contribution in [0.15, 0.2) is 46.9 Å². The molecule has 5 heteroatoms. The summed E-state index contributed by atoms with van der Waals surface area (Å²) in [6.45, 7) is 0.252. The lowest BCUT2D eigenvalue weighted by molar-refractivity contribution is 0.0949. The summed E-state index contributed by atoms with van der Waals surface area (Å²) in [6.07, 6.45) is 0. The molecule has 0 radical (unpaired) electrons. The Morgan fingerprint density at radius 1 is 1.05 bits per heavy atom. The molecule has 0 aliphatic heterocycles. The van der Waals surface area contributed by atoms with E-state index in [9.17, 15) is 13.6 Å². The van der Waals surface area contributed by atoms with Gasteiger partial charge in [0, 0.05) is 11.0 Å². The molecule has 0 fully saturated rings. The van der Waals surface area contributed by atoms with Gasteiger partial charge in [0.25, 0.3) is 5.91 Å². The van der Waals surface area contributed by atoms with Crippen LogP contribution in [0.5, 0.6) is 0 Å². The Labute approximate surface area is 117 Å². The summed E-state index contributed by atoms with van der Waals surface area (Å²) in [6, 6.07) is 9.69. The molecular weight excluding hydrogens is 316 g/mol. The van der Waals surface area contributed by atoms with Crippen molar-refractivity contribution in [3.05, 3.63) is 69.7 Å². The van der Waals surface area contributed by atoms with Crippen LogP contribution in [0, 0.1) is 11.6 Å². The van der Waals surface area contributed by atoms with E-state index in [1.807, 2.05) is 0 Å². The normalized spacial score (nSPS) is 10.3. The first-order valence-electron chi connectivity index (χ1n) is 5.54. The summed E-state index contributed by atoms with van der Waals surface area (Å²) < 4.78 is 26.3. The number of amides is 1. The van der Waals surface area contributed by atoms with Crippen LogP contribution in [-0.4, -0.2) is 5.91 Å². The van der Waals surface area contributed by atoms with E-state index in [1.165, 1.54) is 24.3 Å².